The summed E-state index contributed by atoms with van der Waals surface area (Å²) in [6, 6.07) is 1.57. The number of hydrogen-bond donors (Lipinski definition) is 1. The van der Waals surface area contributed by atoms with Crippen LogP contribution in [0.5, 0.6) is 0 Å². The maximum Gasteiger partial charge on any atom is 0.241 e. The normalized spacial score (nSPS) is 10.0. The van der Waals surface area contributed by atoms with Crippen LogP contribution in [0.4, 0.5) is 0 Å². The van der Waals surface area contributed by atoms with E-state index in [1.54, 1.807) is 6.07 Å². The Morgan fingerprint density at radius 1 is 2.00 bits per heavy atom. The van der Waals surface area contributed by atoms with Crippen molar-refractivity contribution in [1.29, 1.82) is 5.26 Å². The van der Waals surface area contributed by atoms with Crippen molar-refractivity contribution in [2.45, 2.75) is 0 Å². The molecule has 7 heavy (non-hydrogen) atoms. The van der Waals surface area contributed by atoms with Crippen molar-refractivity contribution in [2.24, 2.45) is 10.9 Å². The highest BCUT2D eigenvalue weighted by atomic mass is 16.6. The van der Waals surface area contributed by atoms with E-state index in [9.17, 15) is 0 Å². The quantitative estimate of drug-likeness (QED) is 0.272. The third-order valence-corrected chi connectivity index (χ3v) is 0.304. The van der Waals surface area contributed by atoms with E-state index in [0.717, 1.165) is 0 Å². The largest absolute Gasteiger partial charge is 0.397 e. The van der Waals surface area contributed by atoms with Crippen molar-refractivity contribution in [2.75, 3.05) is 7.11 Å². The van der Waals surface area contributed by atoms with E-state index in [2.05, 4.69) is 9.99 Å². The maximum absolute atomic E-state index is 7.88. The third-order valence-electron chi connectivity index (χ3n) is 0.304. The van der Waals surface area contributed by atoms with Crippen LogP contribution < -0.4 is 5.73 Å². The van der Waals surface area contributed by atoms with Gasteiger partial charge in [-0.1, -0.05) is 5.16 Å². The summed E-state index contributed by atoms with van der Waals surface area (Å²) in [6.07, 6.45) is 0. The van der Waals surface area contributed by atoms with Gasteiger partial charge in [0.1, 0.15) is 13.2 Å². The molecule has 0 aliphatic heterocycles. The van der Waals surface area contributed by atoms with Gasteiger partial charge in [0.25, 0.3) is 0 Å². The predicted molar refractivity (Wildman–Crippen MR) is 24.2 cm³/mol. The number of nitrogens with zero attached hydrogens (tertiary/aromatic N) is 2. The minimum absolute atomic E-state index is 0.164. The molecule has 0 radical (unpaired) electrons. The molecule has 0 bridgehead atoms. The molecule has 0 saturated heterocycles. The Hall–Kier alpha value is -1.24. The molecule has 0 aromatic heterocycles. The maximum atomic E-state index is 7.88. The van der Waals surface area contributed by atoms with E-state index in [0.29, 0.717) is 0 Å². The van der Waals surface area contributed by atoms with E-state index < -0.39 is 0 Å². The predicted octanol–water partition coefficient (Wildman–Crippen LogP) is -0.571. The van der Waals surface area contributed by atoms with Gasteiger partial charge < -0.3 is 10.6 Å². The number of nitrogens with two attached hydrogens (primary N) is 1. The lowest BCUT2D eigenvalue weighted by Gasteiger charge is -1.81. The van der Waals surface area contributed by atoms with Crippen molar-refractivity contribution in [3.8, 4) is 6.07 Å². The second-order valence-corrected chi connectivity index (χ2v) is 0.771. The van der Waals surface area contributed by atoms with Crippen LogP contribution in [0.3, 0.4) is 0 Å². The van der Waals surface area contributed by atoms with Gasteiger partial charge in [-0.15, -0.1) is 0 Å². The Kier molecular flexibility index (Phi) is 2.44. The molecule has 0 aromatic carbocycles. The van der Waals surface area contributed by atoms with E-state index in [1.807, 2.05) is 0 Å². The average Bonchev–Trinajstić information content (AvgIpc) is 1.68. The molecule has 0 amide bonds. The lowest BCUT2D eigenvalue weighted by molar-refractivity contribution is 0.213. The minimum atomic E-state index is -0.164. The molecule has 0 fully saturated rings. The van der Waals surface area contributed by atoms with Crippen LogP contribution in [0.25, 0.3) is 0 Å². The zero-order valence-corrected chi connectivity index (χ0v) is 3.88. The molecule has 4 heteroatoms. The zero-order valence-electron chi connectivity index (χ0n) is 3.88. The van der Waals surface area contributed by atoms with Crippen molar-refractivity contribution < 1.29 is 4.84 Å². The molecule has 0 unspecified atom stereocenters. The molecule has 0 saturated carbocycles. The fourth-order valence-corrected chi connectivity index (χ4v) is 0.119. The second-order valence-electron chi connectivity index (χ2n) is 0.771. The molecule has 38 valence electrons. The first-order valence-corrected chi connectivity index (χ1v) is 1.58. The first kappa shape index (κ1) is 5.76. The number of nitriles is 1. The summed E-state index contributed by atoms with van der Waals surface area (Å²) in [4.78, 5) is 4.13. The first-order chi connectivity index (χ1) is 3.31. The number of amidine groups is 1. The van der Waals surface area contributed by atoms with Gasteiger partial charge in [0, 0.05) is 0 Å². The van der Waals surface area contributed by atoms with E-state index in [-0.39, 0.29) is 5.84 Å². The monoisotopic (exact) mass is 99.0 g/mol. The highest BCUT2D eigenvalue weighted by Gasteiger charge is 1.79. The minimum Gasteiger partial charge on any atom is -0.397 e. The summed E-state index contributed by atoms with van der Waals surface area (Å²) in [6.45, 7) is 0. The Bertz CT molecular complexity index is 112. The smallest absolute Gasteiger partial charge is 0.241 e. The van der Waals surface area contributed by atoms with Gasteiger partial charge in [-0.2, -0.15) is 5.26 Å². The average molecular weight is 99.1 g/mol. The lowest BCUT2D eigenvalue weighted by atomic mass is 10.7. The van der Waals surface area contributed by atoms with Gasteiger partial charge in [0.05, 0.1) is 0 Å². The van der Waals surface area contributed by atoms with E-state index >= 15 is 0 Å². The van der Waals surface area contributed by atoms with Gasteiger partial charge in [0.2, 0.25) is 5.84 Å². The van der Waals surface area contributed by atoms with Crippen molar-refractivity contribution in [3.05, 3.63) is 0 Å². The molecule has 0 atom stereocenters. The standard InChI is InChI=1S/C3H5N3O/c1-7-6-3(5)2-4/h1H3,(H2,5,6). The summed E-state index contributed by atoms with van der Waals surface area (Å²) in [5.74, 6) is -0.164. The summed E-state index contributed by atoms with van der Waals surface area (Å²) >= 11 is 0. The van der Waals surface area contributed by atoms with Gasteiger partial charge in [-0.25, -0.2) is 0 Å². The van der Waals surface area contributed by atoms with Crippen LogP contribution in [-0.4, -0.2) is 12.9 Å². The molecule has 4 nitrogen and oxygen atoms in total. The van der Waals surface area contributed by atoms with Gasteiger partial charge in [0.15, 0.2) is 0 Å². The molecule has 2 N–H and O–H groups in total. The molecular weight excluding hydrogens is 94.1 g/mol. The van der Waals surface area contributed by atoms with Crippen molar-refractivity contribution >= 4 is 5.84 Å². The zero-order chi connectivity index (χ0) is 5.70. The highest BCUT2D eigenvalue weighted by Crippen LogP contribution is 1.64. The fraction of sp³-hybridized carbons (Fsp3) is 0.333. The topological polar surface area (TPSA) is 71.4 Å². The van der Waals surface area contributed by atoms with E-state index in [1.165, 1.54) is 7.11 Å². The molecule has 0 rings (SSSR count). The van der Waals surface area contributed by atoms with Crippen LogP contribution in [-0.2, 0) is 4.84 Å². The first-order valence-electron chi connectivity index (χ1n) is 1.58. The molecular formula is C3H5N3O. The number of hydrogen-bond acceptors (Lipinski definition) is 3. The molecule has 0 aliphatic carbocycles. The Morgan fingerprint density at radius 2 is 2.57 bits per heavy atom. The van der Waals surface area contributed by atoms with Crippen LogP contribution in [0, 0.1) is 11.3 Å². The summed E-state index contributed by atoms with van der Waals surface area (Å²) < 4.78 is 0. The Balaban J connectivity index is 3.57. The van der Waals surface area contributed by atoms with Gasteiger partial charge in [-0.3, -0.25) is 0 Å². The van der Waals surface area contributed by atoms with Crippen LogP contribution in [0.2, 0.25) is 0 Å². The van der Waals surface area contributed by atoms with Gasteiger partial charge >= 0.3 is 0 Å². The summed E-state index contributed by atoms with van der Waals surface area (Å²) in [5.41, 5.74) is 4.85. The van der Waals surface area contributed by atoms with Crippen molar-refractivity contribution in [3.63, 3.8) is 0 Å². The molecule has 0 heterocycles. The van der Waals surface area contributed by atoms with Crippen molar-refractivity contribution in [1.82, 2.24) is 0 Å². The van der Waals surface area contributed by atoms with Gasteiger partial charge in [-0.05, 0) is 0 Å². The molecule has 0 spiro atoms. The Labute approximate surface area is 41.2 Å². The fourth-order valence-electron chi connectivity index (χ4n) is 0.119. The molecule has 0 aliphatic rings. The highest BCUT2D eigenvalue weighted by molar-refractivity contribution is 5.94. The molecule has 0 aromatic rings. The number of rotatable bonds is 1. The Morgan fingerprint density at radius 3 is 2.71 bits per heavy atom. The summed E-state index contributed by atoms with van der Waals surface area (Å²) in [5, 5.41) is 11.0. The third kappa shape index (κ3) is 2.56. The second kappa shape index (κ2) is 2.97. The SMILES string of the molecule is CO/N=C(\N)C#N. The lowest BCUT2D eigenvalue weighted by Crippen LogP contribution is -2.07. The van der Waals surface area contributed by atoms with Crippen LogP contribution >= 0.6 is 0 Å². The van der Waals surface area contributed by atoms with E-state index in [4.69, 9.17) is 11.0 Å². The van der Waals surface area contributed by atoms with Crippen LogP contribution in [0.15, 0.2) is 5.16 Å². The van der Waals surface area contributed by atoms with Crippen LogP contribution in [0.1, 0.15) is 0 Å². The summed E-state index contributed by atoms with van der Waals surface area (Å²) in [7, 11) is 1.32. The number of oxime groups is 1.